The van der Waals surface area contributed by atoms with Crippen LogP contribution in [0.4, 0.5) is 11.4 Å². The van der Waals surface area contributed by atoms with Gasteiger partial charge in [0.25, 0.3) is 0 Å². The molecule has 4 aliphatic rings. The first-order chi connectivity index (χ1) is 24.7. The minimum atomic E-state index is 0.123. The molecule has 0 spiro atoms. The third-order valence-corrected chi connectivity index (χ3v) is 13.5. The Morgan fingerprint density at radius 3 is 1.69 bits per heavy atom. The fraction of sp³-hybridized carbons (Fsp3) is 0.191. The summed E-state index contributed by atoms with van der Waals surface area (Å²) in [6.45, 7) is 14.3. The van der Waals surface area contributed by atoms with E-state index >= 15 is 0 Å². The van der Waals surface area contributed by atoms with Crippen molar-refractivity contribution in [1.29, 1.82) is 0 Å². The lowest BCUT2D eigenvalue weighted by Gasteiger charge is -2.50. The number of nitrogens with zero attached hydrogens (tertiary/aromatic N) is 1. The van der Waals surface area contributed by atoms with Crippen LogP contribution < -0.4 is 32.1 Å². The monoisotopic (exact) mass is 671 g/mol. The van der Waals surface area contributed by atoms with Crippen molar-refractivity contribution in [1.82, 2.24) is 0 Å². The van der Waals surface area contributed by atoms with E-state index in [2.05, 4.69) is 156 Å². The van der Waals surface area contributed by atoms with Gasteiger partial charge in [-0.15, -0.1) is 0 Å². The summed E-state index contributed by atoms with van der Waals surface area (Å²) in [4.78, 5) is 5.59. The van der Waals surface area contributed by atoms with Gasteiger partial charge in [0, 0.05) is 32.3 Å². The Morgan fingerprint density at radius 2 is 1.04 bits per heavy atom. The maximum atomic E-state index is 2.80. The topological polar surface area (TPSA) is 3.24 Å². The van der Waals surface area contributed by atoms with Gasteiger partial charge in [-0.2, -0.15) is 0 Å². The van der Waals surface area contributed by atoms with Crippen LogP contribution in [-0.2, 0) is 0 Å². The highest BCUT2D eigenvalue weighted by atomic mass is 32.2. The molecule has 11 rings (SSSR count). The first-order valence-electron chi connectivity index (χ1n) is 18.8. The fourth-order valence-corrected chi connectivity index (χ4v) is 10.9. The van der Waals surface area contributed by atoms with Crippen molar-refractivity contribution in [3.63, 3.8) is 0 Å². The van der Waals surface area contributed by atoms with Gasteiger partial charge in [-0.25, -0.2) is 0 Å². The van der Waals surface area contributed by atoms with Gasteiger partial charge in [0.15, 0.2) is 0 Å². The lowest BCUT2D eigenvalue weighted by Crippen LogP contribution is -2.69. The average Bonchev–Trinajstić information content (AvgIpc) is 3.13. The smallest absolute Gasteiger partial charge is 0.329 e. The van der Waals surface area contributed by atoms with Crippen molar-refractivity contribution in [2.45, 2.75) is 69.1 Å². The SMILES string of the molecule is CC(C)c1ccc2c(c1)B1c3cc(C(C)C)ccc3-c3ccc4c5c3N1c1c(cc(C(C)C)cc1-2)B5c1cc2cc3ccccc3cc2cc1S4. The molecule has 244 valence electrons. The number of benzene rings is 7. The fourth-order valence-electron chi connectivity index (χ4n) is 9.68. The largest absolute Gasteiger partial charge is 0.377 e. The highest BCUT2D eigenvalue weighted by molar-refractivity contribution is 8.00. The van der Waals surface area contributed by atoms with Crippen molar-refractivity contribution < 1.29 is 0 Å². The first-order valence-corrected chi connectivity index (χ1v) is 19.6. The first kappa shape index (κ1) is 30.0. The molecule has 4 aliphatic heterocycles. The standard InChI is InChI=1S/C47H39B2NS/c1-25(2)28-11-13-35-37-15-16-43-45-47(37)50-46-38(36-14-12-29(26(3)4)21-40(36)49(50)39(35)20-28)19-32(27(5)6)22-42(46)48(45)41-23-33-17-30-9-7-8-10-31(30)18-34(33)24-44(41)51-43/h7-27H,1-6H3. The van der Waals surface area contributed by atoms with Gasteiger partial charge in [0.1, 0.15) is 0 Å². The van der Waals surface area contributed by atoms with E-state index in [9.17, 15) is 0 Å². The van der Waals surface area contributed by atoms with Crippen molar-refractivity contribution in [3.05, 3.63) is 126 Å². The summed E-state index contributed by atoms with van der Waals surface area (Å²) in [6, 6.07) is 43.4. The van der Waals surface area contributed by atoms with E-state index in [-0.39, 0.29) is 13.6 Å². The van der Waals surface area contributed by atoms with E-state index in [1.54, 1.807) is 0 Å². The van der Waals surface area contributed by atoms with E-state index in [1.165, 1.54) is 109 Å². The number of anilines is 2. The second-order valence-electron chi connectivity index (χ2n) is 16.3. The predicted molar refractivity (Wildman–Crippen MR) is 223 cm³/mol. The van der Waals surface area contributed by atoms with Crippen molar-refractivity contribution in [2.24, 2.45) is 0 Å². The molecule has 51 heavy (non-hydrogen) atoms. The van der Waals surface area contributed by atoms with Gasteiger partial charge in [-0.1, -0.05) is 138 Å². The summed E-state index contributed by atoms with van der Waals surface area (Å²) in [6.07, 6.45) is 0. The van der Waals surface area contributed by atoms with Crippen LogP contribution in [0.15, 0.2) is 119 Å². The maximum absolute atomic E-state index is 2.80. The third kappa shape index (κ3) is 4.03. The van der Waals surface area contributed by atoms with Gasteiger partial charge in [-0.05, 0) is 119 Å². The molecular formula is C47H39B2NS. The number of rotatable bonds is 3. The highest BCUT2D eigenvalue weighted by Crippen LogP contribution is 2.50. The van der Waals surface area contributed by atoms with Crippen LogP contribution in [0, 0.1) is 0 Å². The van der Waals surface area contributed by atoms with Crippen LogP contribution in [0.1, 0.15) is 76.0 Å². The molecule has 0 atom stereocenters. The Hall–Kier alpha value is -4.66. The molecule has 0 radical (unpaired) electrons. The molecule has 0 N–H and O–H groups in total. The van der Waals surface area contributed by atoms with Crippen LogP contribution >= 0.6 is 11.8 Å². The lowest BCUT2D eigenvalue weighted by molar-refractivity contribution is 0.866. The zero-order valence-electron chi connectivity index (χ0n) is 30.1. The number of fused-ring (bicyclic) bond motifs is 11. The summed E-state index contributed by atoms with van der Waals surface area (Å²) >= 11 is 1.98. The molecule has 0 saturated heterocycles. The van der Waals surface area contributed by atoms with E-state index in [4.69, 9.17) is 0 Å². The normalized spacial score (nSPS) is 14.4. The summed E-state index contributed by atoms with van der Waals surface area (Å²) in [7, 11) is 0. The van der Waals surface area contributed by atoms with Crippen molar-refractivity contribution >= 4 is 85.6 Å². The molecule has 4 heteroatoms. The van der Waals surface area contributed by atoms with E-state index < -0.39 is 0 Å². The third-order valence-electron chi connectivity index (χ3n) is 12.4. The molecule has 0 aromatic heterocycles. The minimum absolute atomic E-state index is 0.123. The Labute approximate surface area is 306 Å². The van der Waals surface area contributed by atoms with Crippen molar-refractivity contribution in [3.8, 4) is 22.3 Å². The summed E-state index contributed by atoms with van der Waals surface area (Å²) < 4.78 is 0. The molecule has 0 saturated carbocycles. The Balaban J connectivity index is 1.29. The second-order valence-corrected chi connectivity index (χ2v) is 17.4. The zero-order chi connectivity index (χ0) is 34.4. The van der Waals surface area contributed by atoms with E-state index in [1.807, 2.05) is 11.8 Å². The molecule has 0 aliphatic carbocycles. The predicted octanol–water partition coefficient (Wildman–Crippen LogP) is 9.56. The zero-order valence-corrected chi connectivity index (χ0v) is 31.0. The number of hydrogen-bond donors (Lipinski definition) is 0. The van der Waals surface area contributed by atoms with E-state index in [0.29, 0.717) is 17.8 Å². The van der Waals surface area contributed by atoms with Crippen LogP contribution in [0.2, 0.25) is 0 Å². The minimum Gasteiger partial charge on any atom is -0.377 e. The molecule has 1 nitrogen and oxygen atoms in total. The summed E-state index contributed by atoms with van der Waals surface area (Å²) in [5.41, 5.74) is 20.0. The van der Waals surface area contributed by atoms with Crippen molar-refractivity contribution in [2.75, 3.05) is 4.81 Å². The highest BCUT2D eigenvalue weighted by Gasteiger charge is 2.51. The lowest BCUT2D eigenvalue weighted by atomic mass is 9.31. The van der Waals surface area contributed by atoms with Gasteiger partial charge >= 0.3 is 6.85 Å². The molecule has 0 amide bonds. The van der Waals surface area contributed by atoms with Crippen LogP contribution in [0.3, 0.4) is 0 Å². The maximum Gasteiger partial charge on any atom is 0.329 e. The molecule has 0 fully saturated rings. The van der Waals surface area contributed by atoms with Gasteiger partial charge in [0.2, 0.25) is 6.71 Å². The molecule has 0 bridgehead atoms. The van der Waals surface area contributed by atoms with Gasteiger partial charge in [0.05, 0.1) is 0 Å². The van der Waals surface area contributed by atoms with E-state index in [0.717, 1.165) is 0 Å². The summed E-state index contributed by atoms with van der Waals surface area (Å²) in [5, 5.41) is 5.25. The molecule has 0 unspecified atom stereocenters. The Morgan fingerprint density at radius 1 is 0.451 bits per heavy atom. The van der Waals surface area contributed by atoms with Gasteiger partial charge in [-0.3, -0.25) is 0 Å². The average molecular weight is 672 g/mol. The van der Waals surface area contributed by atoms with Gasteiger partial charge < -0.3 is 4.81 Å². The molecular weight excluding hydrogens is 632 g/mol. The van der Waals surface area contributed by atoms with Crippen LogP contribution in [0.25, 0.3) is 43.8 Å². The molecule has 7 aromatic rings. The Bertz CT molecular complexity index is 2690. The Kier molecular flexibility index (Phi) is 6.15. The molecule has 4 heterocycles. The quantitative estimate of drug-likeness (QED) is 0.136. The molecule has 7 aromatic carbocycles. The van der Waals surface area contributed by atoms with Crippen LogP contribution in [-0.4, -0.2) is 13.6 Å². The van der Waals surface area contributed by atoms with Crippen LogP contribution in [0.5, 0.6) is 0 Å². The summed E-state index contributed by atoms with van der Waals surface area (Å²) in [5.74, 6) is 1.35. The second kappa shape index (κ2) is 10.5. The number of hydrogen-bond acceptors (Lipinski definition) is 2.